The Bertz CT molecular complexity index is 353. The van der Waals surface area contributed by atoms with E-state index < -0.39 is 0 Å². The molecule has 0 spiro atoms. The molecule has 0 aliphatic heterocycles. The number of rotatable bonds is 6. The van der Waals surface area contributed by atoms with Crippen LogP contribution in [-0.2, 0) is 19.4 Å². The van der Waals surface area contributed by atoms with Gasteiger partial charge in [0.15, 0.2) is 0 Å². The first-order chi connectivity index (χ1) is 7.88. The molecule has 0 saturated heterocycles. The van der Waals surface area contributed by atoms with Gasteiger partial charge in [0.25, 0.3) is 0 Å². The molecule has 2 nitrogen and oxygen atoms in total. The zero-order valence-electron chi connectivity index (χ0n) is 11.8. The van der Waals surface area contributed by atoms with Crippen molar-refractivity contribution in [2.75, 3.05) is 0 Å². The van der Waals surface area contributed by atoms with Gasteiger partial charge in [0, 0.05) is 17.1 Å². The van der Waals surface area contributed by atoms with Crippen LogP contribution in [0.25, 0.3) is 0 Å². The maximum atomic E-state index is 4.62. The molecule has 0 N–H and O–H groups in total. The smallest absolute Gasteiger partial charge is 0.0624 e. The summed E-state index contributed by atoms with van der Waals surface area (Å²) in [6, 6.07) is 2.27. The lowest BCUT2D eigenvalue weighted by molar-refractivity contribution is 0.324. The second-order valence-electron chi connectivity index (χ2n) is 5.62. The number of aromatic nitrogens is 2. The molecule has 1 aromatic heterocycles. The molecule has 1 unspecified atom stereocenters. The number of nitrogens with zero attached hydrogens (tertiary/aromatic N) is 2. The third-order valence-corrected chi connectivity index (χ3v) is 3.39. The summed E-state index contributed by atoms with van der Waals surface area (Å²) in [4.78, 5) is 0.571. The van der Waals surface area contributed by atoms with Crippen molar-refractivity contribution < 1.29 is 0 Å². The molecule has 98 valence electrons. The summed E-state index contributed by atoms with van der Waals surface area (Å²) in [7, 11) is 0. The van der Waals surface area contributed by atoms with Crippen molar-refractivity contribution in [1.82, 2.24) is 9.78 Å². The van der Waals surface area contributed by atoms with Crippen LogP contribution in [0, 0.1) is 5.41 Å². The van der Waals surface area contributed by atoms with Crippen LogP contribution in [0.1, 0.15) is 52.4 Å². The Morgan fingerprint density at radius 2 is 2.06 bits per heavy atom. The highest BCUT2D eigenvalue weighted by molar-refractivity contribution is 9.09. The summed E-state index contributed by atoms with van der Waals surface area (Å²) in [6.07, 6.45) is 3.31. The highest BCUT2D eigenvalue weighted by Crippen LogP contribution is 2.30. The van der Waals surface area contributed by atoms with E-state index in [1.165, 1.54) is 17.8 Å². The van der Waals surface area contributed by atoms with E-state index in [2.05, 4.69) is 66.4 Å². The van der Waals surface area contributed by atoms with Gasteiger partial charge in [-0.25, -0.2) is 0 Å². The van der Waals surface area contributed by atoms with E-state index in [1.54, 1.807) is 0 Å². The number of halogens is 1. The minimum Gasteiger partial charge on any atom is -0.270 e. The molecule has 0 aromatic carbocycles. The fourth-order valence-corrected chi connectivity index (χ4v) is 3.30. The van der Waals surface area contributed by atoms with Crippen LogP contribution < -0.4 is 0 Å². The molecule has 1 rings (SSSR count). The lowest BCUT2D eigenvalue weighted by Gasteiger charge is -2.26. The van der Waals surface area contributed by atoms with E-state index in [0.29, 0.717) is 10.2 Å². The predicted molar refractivity (Wildman–Crippen MR) is 77.8 cm³/mol. The molecule has 0 bridgehead atoms. The molecular weight excluding hydrogens is 276 g/mol. The first kappa shape index (κ1) is 14.7. The van der Waals surface area contributed by atoms with E-state index in [1.807, 2.05) is 0 Å². The van der Waals surface area contributed by atoms with Crippen molar-refractivity contribution >= 4 is 15.9 Å². The first-order valence-electron chi connectivity index (χ1n) is 6.57. The lowest BCUT2D eigenvalue weighted by atomic mass is 9.83. The molecule has 0 fully saturated rings. The fraction of sp³-hybridized carbons (Fsp3) is 0.786. The SMILES string of the molecule is CCc1cc(CC(C)(C)CC(C)Br)n(CC)n1. The summed E-state index contributed by atoms with van der Waals surface area (Å²) in [6.45, 7) is 12.2. The van der Waals surface area contributed by atoms with E-state index >= 15 is 0 Å². The summed E-state index contributed by atoms with van der Waals surface area (Å²) in [5.74, 6) is 0. The molecule has 1 heterocycles. The van der Waals surface area contributed by atoms with Crippen molar-refractivity contribution in [2.24, 2.45) is 5.41 Å². The van der Waals surface area contributed by atoms with Gasteiger partial charge in [-0.05, 0) is 37.7 Å². The van der Waals surface area contributed by atoms with Gasteiger partial charge in [0.2, 0.25) is 0 Å². The van der Waals surface area contributed by atoms with E-state index in [9.17, 15) is 0 Å². The fourth-order valence-electron chi connectivity index (χ4n) is 2.43. The Kier molecular flexibility index (Phi) is 5.23. The molecule has 0 aliphatic carbocycles. The largest absolute Gasteiger partial charge is 0.270 e. The average Bonchev–Trinajstić information content (AvgIpc) is 2.57. The summed E-state index contributed by atoms with van der Waals surface area (Å²) < 4.78 is 2.15. The molecule has 3 heteroatoms. The minimum absolute atomic E-state index is 0.320. The molecule has 17 heavy (non-hydrogen) atoms. The van der Waals surface area contributed by atoms with E-state index in [0.717, 1.165) is 19.4 Å². The Balaban J connectivity index is 2.82. The van der Waals surface area contributed by atoms with Crippen LogP contribution in [0.5, 0.6) is 0 Å². The highest BCUT2D eigenvalue weighted by atomic mass is 79.9. The highest BCUT2D eigenvalue weighted by Gasteiger charge is 2.22. The van der Waals surface area contributed by atoms with Crippen LogP contribution in [0.15, 0.2) is 6.07 Å². The van der Waals surface area contributed by atoms with E-state index in [4.69, 9.17) is 0 Å². The molecule has 0 amide bonds. The van der Waals surface area contributed by atoms with Crippen LogP contribution in [-0.4, -0.2) is 14.6 Å². The van der Waals surface area contributed by atoms with Crippen molar-refractivity contribution in [2.45, 2.75) is 65.3 Å². The maximum Gasteiger partial charge on any atom is 0.0624 e. The summed E-state index contributed by atoms with van der Waals surface area (Å²) in [5.41, 5.74) is 2.91. The van der Waals surface area contributed by atoms with Crippen LogP contribution >= 0.6 is 15.9 Å². The third kappa shape index (κ3) is 4.46. The van der Waals surface area contributed by atoms with Gasteiger partial charge >= 0.3 is 0 Å². The maximum absolute atomic E-state index is 4.62. The van der Waals surface area contributed by atoms with Gasteiger partial charge < -0.3 is 0 Å². The monoisotopic (exact) mass is 300 g/mol. The Labute approximate surface area is 114 Å². The molecule has 0 aliphatic rings. The number of hydrogen-bond donors (Lipinski definition) is 0. The third-order valence-electron chi connectivity index (χ3n) is 3.07. The molecular formula is C14H25BrN2. The summed E-state index contributed by atoms with van der Waals surface area (Å²) >= 11 is 3.66. The lowest BCUT2D eigenvalue weighted by Crippen LogP contribution is -2.20. The topological polar surface area (TPSA) is 17.8 Å². The molecule has 1 aromatic rings. The minimum atomic E-state index is 0.320. The van der Waals surface area contributed by atoms with Crippen molar-refractivity contribution in [3.63, 3.8) is 0 Å². The van der Waals surface area contributed by atoms with Crippen molar-refractivity contribution in [1.29, 1.82) is 0 Å². The molecule has 0 saturated carbocycles. The van der Waals surface area contributed by atoms with Gasteiger partial charge in [-0.2, -0.15) is 5.10 Å². The van der Waals surface area contributed by atoms with Gasteiger partial charge in [-0.3, -0.25) is 4.68 Å². The zero-order valence-corrected chi connectivity index (χ0v) is 13.3. The van der Waals surface area contributed by atoms with Crippen molar-refractivity contribution in [3.05, 3.63) is 17.5 Å². The normalized spacial score (nSPS) is 14.0. The molecule has 0 radical (unpaired) electrons. The summed E-state index contributed by atoms with van der Waals surface area (Å²) in [5, 5.41) is 4.62. The number of aryl methyl sites for hydroxylation is 2. The van der Waals surface area contributed by atoms with Crippen LogP contribution in [0.2, 0.25) is 0 Å². The Morgan fingerprint density at radius 3 is 2.53 bits per heavy atom. The number of alkyl halides is 1. The Morgan fingerprint density at radius 1 is 1.41 bits per heavy atom. The number of hydrogen-bond acceptors (Lipinski definition) is 1. The first-order valence-corrected chi connectivity index (χ1v) is 7.49. The van der Waals surface area contributed by atoms with Crippen LogP contribution in [0.3, 0.4) is 0 Å². The van der Waals surface area contributed by atoms with E-state index in [-0.39, 0.29) is 0 Å². The van der Waals surface area contributed by atoms with Crippen LogP contribution in [0.4, 0.5) is 0 Å². The average molecular weight is 301 g/mol. The second-order valence-corrected chi connectivity index (χ2v) is 7.19. The van der Waals surface area contributed by atoms with Crippen molar-refractivity contribution in [3.8, 4) is 0 Å². The van der Waals surface area contributed by atoms with Gasteiger partial charge in [-0.15, -0.1) is 0 Å². The zero-order chi connectivity index (χ0) is 13.1. The predicted octanol–water partition coefficient (Wildman–Crippen LogP) is 4.21. The quantitative estimate of drug-likeness (QED) is 0.720. The van der Waals surface area contributed by atoms with Gasteiger partial charge in [-0.1, -0.05) is 43.6 Å². The van der Waals surface area contributed by atoms with Gasteiger partial charge in [0.05, 0.1) is 5.69 Å². The standard InChI is InChI=1S/C14H25BrN2/c1-6-12-8-13(17(7-2)16-12)10-14(4,5)9-11(3)15/h8,11H,6-7,9-10H2,1-5H3. The molecule has 1 atom stereocenters. The van der Waals surface area contributed by atoms with Gasteiger partial charge in [0.1, 0.15) is 0 Å². The second kappa shape index (κ2) is 6.03. The Hall–Kier alpha value is -0.310.